The van der Waals surface area contributed by atoms with Crippen LogP contribution in [-0.2, 0) is 4.79 Å². The predicted molar refractivity (Wildman–Crippen MR) is 71.5 cm³/mol. The van der Waals surface area contributed by atoms with Crippen LogP contribution in [0.4, 0.5) is 5.13 Å². The molecule has 0 atom stereocenters. The van der Waals surface area contributed by atoms with Gasteiger partial charge in [-0.15, -0.1) is 0 Å². The summed E-state index contributed by atoms with van der Waals surface area (Å²) < 4.78 is 1.13. The summed E-state index contributed by atoms with van der Waals surface area (Å²) in [4.78, 5) is 17.4. The molecule has 2 rings (SSSR count). The van der Waals surface area contributed by atoms with Crippen LogP contribution in [0.5, 0.6) is 0 Å². The van der Waals surface area contributed by atoms with Crippen LogP contribution in [0.1, 0.15) is 5.56 Å². The third-order valence-electron chi connectivity index (χ3n) is 2.43. The van der Waals surface area contributed by atoms with Gasteiger partial charge >= 0.3 is 0 Å². The molecule has 0 saturated heterocycles. The van der Waals surface area contributed by atoms with E-state index in [4.69, 9.17) is 0 Å². The van der Waals surface area contributed by atoms with Gasteiger partial charge in [-0.1, -0.05) is 17.4 Å². The molecule has 5 heteroatoms. The summed E-state index contributed by atoms with van der Waals surface area (Å²) >= 11 is 1.57. The van der Waals surface area contributed by atoms with Crippen molar-refractivity contribution in [3.05, 3.63) is 23.8 Å². The maximum absolute atomic E-state index is 11.4. The first-order chi connectivity index (χ1) is 8.06. The summed E-state index contributed by atoms with van der Waals surface area (Å²) in [5.74, 6) is 0.0421. The minimum atomic E-state index is 0.0421. The first-order valence-electron chi connectivity index (χ1n) is 5.37. The van der Waals surface area contributed by atoms with Gasteiger partial charge in [0.05, 0.1) is 16.8 Å². The number of likely N-dealkylation sites (N-methyl/N-ethyl adjacent to an activating group) is 1. The second kappa shape index (κ2) is 4.71. The number of benzene rings is 1. The standard InChI is InChI=1S/C12H15N3OS/c1-8-4-5-10-9(6-8)14-12(17-10)13-7-11(16)15(2)3/h4-6H,7H2,1-3H3,(H,13,14). The lowest BCUT2D eigenvalue weighted by Crippen LogP contribution is -2.28. The molecule has 2 aromatic rings. The molecule has 0 aliphatic carbocycles. The molecule has 1 heterocycles. The number of nitrogens with one attached hydrogen (secondary N) is 1. The molecule has 0 bridgehead atoms. The number of fused-ring (bicyclic) bond motifs is 1. The van der Waals surface area contributed by atoms with Gasteiger partial charge in [0.1, 0.15) is 0 Å². The molecule has 1 amide bonds. The van der Waals surface area contributed by atoms with Crippen LogP contribution in [0, 0.1) is 6.92 Å². The number of hydrogen-bond acceptors (Lipinski definition) is 4. The fourth-order valence-corrected chi connectivity index (χ4v) is 2.26. The average molecular weight is 249 g/mol. The molecule has 0 radical (unpaired) electrons. The van der Waals surface area contributed by atoms with Crippen LogP contribution < -0.4 is 5.32 Å². The molecule has 1 aromatic heterocycles. The summed E-state index contributed by atoms with van der Waals surface area (Å²) in [5.41, 5.74) is 2.17. The maximum Gasteiger partial charge on any atom is 0.241 e. The molecular weight excluding hydrogens is 234 g/mol. The van der Waals surface area contributed by atoms with E-state index in [2.05, 4.69) is 22.4 Å². The number of carbonyl (C=O) groups is 1. The third-order valence-corrected chi connectivity index (χ3v) is 3.43. The van der Waals surface area contributed by atoms with E-state index in [9.17, 15) is 4.79 Å². The highest BCUT2D eigenvalue weighted by molar-refractivity contribution is 7.22. The topological polar surface area (TPSA) is 45.2 Å². The van der Waals surface area contributed by atoms with Gasteiger partial charge in [0, 0.05) is 14.1 Å². The van der Waals surface area contributed by atoms with Crippen LogP contribution in [0.2, 0.25) is 0 Å². The number of amides is 1. The highest BCUT2D eigenvalue weighted by Gasteiger charge is 2.07. The lowest BCUT2D eigenvalue weighted by molar-refractivity contribution is -0.126. The number of hydrogen-bond donors (Lipinski definition) is 1. The van der Waals surface area contributed by atoms with E-state index in [1.165, 1.54) is 5.56 Å². The first kappa shape index (κ1) is 11.9. The summed E-state index contributed by atoms with van der Waals surface area (Å²) in [6.07, 6.45) is 0. The Bertz CT molecular complexity index is 548. The number of anilines is 1. The Morgan fingerprint density at radius 1 is 1.47 bits per heavy atom. The van der Waals surface area contributed by atoms with Crippen molar-refractivity contribution in [3.8, 4) is 0 Å². The summed E-state index contributed by atoms with van der Waals surface area (Å²) in [6, 6.07) is 6.17. The summed E-state index contributed by atoms with van der Waals surface area (Å²) in [7, 11) is 3.48. The zero-order valence-corrected chi connectivity index (χ0v) is 11.0. The molecular formula is C12H15N3OS. The van der Waals surface area contributed by atoms with Crippen molar-refractivity contribution in [1.82, 2.24) is 9.88 Å². The first-order valence-corrected chi connectivity index (χ1v) is 6.19. The van der Waals surface area contributed by atoms with Crippen LogP contribution in [0.3, 0.4) is 0 Å². The SMILES string of the molecule is Cc1ccc2sc(NCC(=O)N(C)C)nc2c1. The molecule has 0 unspecified atom stereocenters. The van der Waals surface area contributed by atoms with Crippen LogP contribution >= 0.6 is 11.3 Å². The number of aromatic nitrogens is 1. The van der Waals surface area contributed by atoms with E-state index in [0.29, 0.717) is 0 Å². The Balaban J connectivity index is 2.12. The second-order valence-electron chi connectivity index (χ2n) is 4.13. The van der Waals surface area contributed by atoms with Gasteiger partial charge in [-0.3, -0.25) is 4.79 Å². The molecule has 17 heavy (non-hydrogen) atoms. The minimum absolute atomic E-state index is 0.0421. The number of nitrogens with zero attached hydrogens (tertiary/aromatic N) is 2. The molecule has 0 spiro atoms. The molecule has 4 nitrogen and oxygen atoms in total. The van der Waals surface area contributed by atoms with Crippen molar-refractivity contribution in [1.29, 1.82) is 0 Å². The molecule has 0 fully saturated rings. The van der Waals surface area contributed by atoms with Gasteiger partial charge in [-0.2, -0.15) is 0 Å². The highest BCUT2D eigenvalue weighted by atomic mass is 32.1. The minimum Gasteiger partial charge on any atom is -0.352 e. The van der Waals surface area contributed by atoms with Crippen LogP contribution in [0.25, 0.3) is 10.2 Å². The zero-order valence-electron chi connectivity index (χ0n) is 10.2. The zero-order chi connectivity index (χ0) is 12.4. The van der Waals surface area contributed by atoms with Crippen molar-refractivity contribution in [2.24, 2.45) is 0 Å². The Morgan fingerprint density at radius 2 is 2.24 bits per heavy atom. The van der Waals surface area contributed by atoms with E-state index >= 15 is 0 Å². The highest BCUT2D eigenvalue weighted by Crippen LogP contribution is 2.26. The smallest absolute Gasteiger partial charge is 0.241 e. The van der Waals surface area contributed by atoms with Crippen LogP contribution in [0.15, 0.2) is 18.2 Å². The van der Waals surface area contributed by atoms with Crippen molar-refractivity contribution < 1.29 is 4.79 Å². The van der Waals surface area contributed by atoms with E-state index in [1.807, 2.05) is 13.0 Å². The Labute approximate surface area is 104 Å². The van der Waals surface area contributed by atoms with Gasteiger partial charge in [-0.05, 0) is 24.6 Å². The van der Waals surface area contributed by atoms with Gasteiger partial charge in [0.25, 0.3) is 0 Å². The van der Waals surface area contributed by atoms with E-state index in [1.54, 1.807) is 30.3 Å². The third kappa shape index (κ3) is 2.74. The van der Waals surface area contributed by atoms with Gasteiger partial charge in [-0.25, -0.2) is 4.98 Å². The number of thiazole rings is 1. The van der Waals surface area contributed by atoms with Gasteiger partial charge < -0.3 is 10.2 Å². The monoisotopic (exact) mass is 249 g/mol. The molecule has 0 aliphatic heterocycles. The quantitative estimate of drug-likeness (QED) is 0.906. The van der Waals surface area contributed by atoms with Crippen molar-refractivity contribution >= 4 is 32.6 Å². The Hall–Kier alpha value is -1.62. The Kier molecular flexibility index (Phi) is 3.28. The number of carbonyl (C=O) groups excluding carboxylic acids is 1. The average Bonchev–Trinajstić information content (AvgIpc) is 2.67. The normalized spacial score (nSPS) is 10.5. The van der Waals surface area contributed by atoms with E-state index in [0.717, 1.165) is 15.3 Å². The summed E-state index contributed by atoms with van der Waals surface area (Å²) in [5, 5.41) is 3.84. The lowest BCUT2D eigenvalue weighted by Gasteiger charge is -2.09. The van der Waals surface area contributed by atoms with Crippen molar-refractivity contribution in [2.75, 3.05) is 26.0 Å². The van der Waals surface area contributed by atoms with Crippen molar-refractivity contribution in [2.45, 2.75) is 6.92 Å². The van der Waals surface area contributed by atoms with E-state index < -0.39 is 0 Å². The Morgan fingerprint density at radius 3 is 2.94 bits per heavy atom. The molecule has 90 valence electrons. The maximum atomic E-state index is 11.4. The van der Waals surface area contributed by atoms with Gasteiger partial charge in [0.15, 0.2) is 5.13 Å². The van der Waals surface area contributed by atoms with Crippen LogP contribution in [-0.4, -0.2) is 36.4 Å². The molecule has 1 N–H and O–H groups in total. The molecule has 1 aromatic carbocycles. The van der Waals surface area contributed by atoms with Gasteiger partial charge in [0.2, 0.25) is 5.91 Å². The lowest BCUT2D eigenvalue weighted by atomic mass is 10.2. The fourth-order valence-electron chi connectivity index (χ4n) is 1.42. The molecule has 0 saturated carbocycles. The van der Waals surface area contributed by atoms with E-state index in [-0.39, 0.29) is 12.5 Å². The predicted octanol–water partition coefficient (Wildman–Crippen LogP) is 2.10. The van der Waals surface area contributed by atoms with Crippen molar-refractivity contribution in [3.63, 3.8) is 0 Å². The largest absolute Gasteiger partial charge is 0.352 e. The number of aryl methyl sites for hydroxylation is 1. The summed E-state index contributed by atoms with van der Waals surface area (Å²) in [6.45, 7) is 2.33. The second-order valence-corrected chi connectivity index (χ2v) is 5.16. The fraction of sp³-hybridized carbons (Fsp3) is 0.333. The number of rotatable bonds is 3. The molecule has 0 aliphatic rings.